The lowest BCUT2D eigenvalue weighted by Crippen LogP contribution is -2.01. The van der Waals surface area contributed by atoms with Crippen molar-refractivity contribution in [3.8, 4) is 5.75 Å². The summed E-state index contributed by atoms with van der Waals surface area (Å²) in [5.74, 6) is 0.786. The highest BCUT2D eigenvalue weighted by atomic mass is 16.5. The first-order valence-corrected chi connectivity index (χ1v) is 6.86. The lowest BCUT2D eigenvalue weighted by molar-refractivity contribution is 0.221. The highest BCUT2D eigenvalue weighted by Gasteiger charge is 2.14. The third-order valence-electron chi connectivity index (χ3n) is 3.76. The van der Waals surface area contributed by atoms with Crippen LogP contribution >= 0.6 is 0 Å². The van der Waals surface area contributed by atoms with E-state index in [4.69, 9.17) is 4.74 Å². The van der Waals surface area contributed by atoms with Gasteiger partial charge in [-0.25, -0.2) is 0 Å². The molecule has 1 unspecified atom stereocenters. The van der Waals surface area contributed by atoms with Gasteiger partial charge in [0.2, 0.25) is 0 Å². The summed E-state index contributed by atoms with van der Waals surface area (Å²) in [5, 5.41) is 12.8. The number of aromatic nitrogens is 1. The third-order valence-corrected chi connectivity index (χ3v) is 3.76. The molecule has 0 amide bonds. The molecule has 1 atom stereocenters. The van der Waals surface area contributed by atoms with Gasteiger partial charge in [-0.1, -0.05) is 30.3 Å². The zero-order valence-electron chi connectivity index (χ0n) is 12.1. The number of rotatable bonds is 3. The monoisotopic (exact) mass is 279 g/mol. The lowest BCUT2D eigenvalue weighted by Gasteiger charge is -2.16. The standard InChI is InChI=1S/C18H17NO2/c1-12-6-7-13(10-17(12)21-2)18(20)16-5-3-4-14-11-19-9-8-15(14)16/h3-11,18,20H,1-2H3. The number of aryl methyl sites for hydroxylation is 1. The molecule has 1 N–H and O–H groups in total. The highest BCUT2D eigenvalue weighted by Crippen LogP contribution is 2.31. The maximum atomic E-state index is 10.7. The highest BCUT2D eigenvalue weighted by molar-refractivity contribution is 5.85. The first-order chi connectivity index (χ1) is 10.2. The van der Waals surface area contributed by atoms with Crippen molar-refractivity contribution >= 4 is 10.8 Å². The summed E-state index contributed by atoms with van der Waals surface area (Å²) < 4.78 is 5.34. The Morgan fingerprint density at radius 2 is 2.00 bits per heavy atom. The van der Waals surface area contributed by atoms with Gasteiger partial charge in [-0.05, 0) is 41.1 Å². The molecule has 0 aliphatic rings. The average Bonchev–Trinajstić information content (AvgIpc) is 2.54. The summed E-state index contributed by atoms with van der Waals surface area (Å²) in [6, 6.07) is 13.6. The molecule has 0 saturated carbocycles. The number of nitrogens with zero attached hydrogens (tertiary/aromatic N) is 1. The van der Waals surface area contributed by atoms with E-state index in [1.54, 1.807) is 19.5 Å². The number of benzene rings is 2. The molecule has 106 valence electrons. The van der Waals surface area contributed by atoms with Crippen molar-refractivity contribution in [2.24, 2.45) is 0 Å². The summed E-state index contributed by atoms with van der Waals surface area (Å²) >= 11 is 0. The Hall–Kier alpha value is -2.39. The molecular formula is C18H17NO2. The van der Waals surface area contributed by atoms with Crippen molar-refractivity contribution in [1.82, 2.24) is 4.98 Å². The molecule has 0 fully saturated rings. The number of hydrogen-bond acceptors (Lipinski definition) is 3. The molecule has 0 aliphatic carbocycles. The van der Waals surface area contributed by atoms with Crippen LogP contribution in [0, 0.1) is 6.92 Å². The summed E-state index contributed by atoms with van der Waals surface area (Å²) in [7, 11) is 1.64. The minimum Gasteiger partial charge on any atom is -0.496 e. The van der Waals surface area contributed by atoms with Crippen LogP contribution in [0.3, 0.4) is 0 Å². The average molecular weight is 279 g/mol. The van der Waals surface area contributed by atoms with Gasteiger partial charge in [0.05, 0.1) is 7.11 Å². The fourth-order valence-corrected chi connectivity index (χ4v) is 2.57. The molecule has 0 spiro atoms. The van der Waals surface area contributed by atoms with Crippen LogP contribution in [-0.2, 0) is 0 Å². The quantitative estimate of drug-likeness (QED) is 0.796. The maximum Gasteiger partial charge on any atom is 0.122 e. The van der Waals surface area contributed by atoms with E-state index in [-0.39, 0.29) is 0 Å². The predicted octanol–water partition coefficient (Wildman–Crippen LogP) is 3.63. The Morgan fingerprint density at radius 3 is 2.81 bits per heavy atom. The van der Waals surface area contributed by atoms with E-state index in [9.17, 15) is 5.11 Å². The van der Waals surface area contributed by atoms with Gasteiger partial charge in [0, 0.05) is 17.8 Å². The van der Waals surface area contributed by atoms with Crippen LogP contribution in [0.25, 0.3) is 10.8 Å². The Morgan fingerprint density at radius 1 is 1.14 bits per heavy atom. The number of pyridine rings is 1. The van der Waals surface area contributed by atoms with Crippen LogP contribution in [0.2, 0.25) is 0 Å². The molecule has 3 aromatic rings. The van der Waals surface area contributed by atoms with Crippen molar-refractivity contribution in [3.05, 3.63) is 71.5 Å². The van der Waals surface area contributed by atoms with Crippen LogP contribution in [-0.4, -0.2) is 17.2 Å². The number of aliphatic hydroxyl groups excluding tert-OH is 1. The molecule has 0 saturated heterocycles. The van der Waals surface area contributed by atoms with Gasteiger partial charge in [-0.3, -0.25) is 4.98 Å². The van der Waals surface area contributed by atoms with E-state index >= 15 is 0 Å². The number of hydrogen-bond donors (Lipinski definition) is 1. The topological polar surface area (TPSA) is 42.4 Å². The molecule has 21 heavy (non-hydrogen) atoms. The third kappa shape index (κ3) is 2.48. The second kappa shape index (κ2) is 5.54. The van der Waals surface area contributed by atoms with E-state index in [1.165, 1.54) is 0 Å². The molecule has 1 aromatic heterocycles. The summed E-state index contributed by atoms with van der Waals surface area (Å²) in [4.78, 5) is 4.12. The van der Waals surface area contributed by atoms with Crippen LogP contribution in [0.15, 0.2) is 54.9 Å². The van der Waals surface area contributed by atoms with E-state index in [1.807, 2.05) is 49.4 Å². The first-order valence-electron chi connectivity index (χ1n) is 6.86. The molecule has 0 aliphatic heterocycles. The van der Waals surface area contributed by atoms with E-state index in [0.29, 0.717) is 0 Å². The molecular weight excluding hydrogens is 262 g/mol. The molecule has 3 heteroatoms. The maximum absolute atomic E-state index is 10.7. The molecule has 1 heterocycles. The first kappa shape index (κ1) is 13.6. The number of fused-ring (bicyclic) bond motifs is 1. The van der Waals surface area contributed by atoms with E-state index in [2.05, 4.69) is 4.98 Å². The zero-order chi connectivity index (χ0) is 14.8. The summed E-state index contributed by atoms with van der Waals surface area (Å²) in [6.07, 6.45) is 2.86. The van der Waals surface area contributed by atoms with Gasteiger partial charge in [0.1, 0.15) is 11.9 Å². The number of aliphatic hydroxyl groups is 1. The van der Waals surface area contributed by atoms with Gasteiger partial charge in [0.15, 0.2) is 0 Å². The molecule has 0 bridgehead atoms. The SMILES string of the molecule is COc1cc(C(O)c2cccc3cnccc23)ccc1C. The fourth-order valence-electron chi connectivity index (χ4n) is 2.57. The molecule has 3 rings (SSSR count). The van der Waals surface area contributed by atoms with Crippen LogP contribution < -0.4 is 4.74 Å². The second-order valence-electron chi connectivity index (χ2n) is 5.08. The van der Waals surface area contributed by atoms with Crippen molar-refractivity contribution in [2.75, 3.05) is 7.11 Å². The lowest BCUT2D eigenvalue weighted by atomic mass is 9.96. The van der Waals surface area contributed by atoms with Gasteiger partial charge >= 0.3 is 0 Å². The molecule has 0 radical (unpaired) electrons. The molecule has 3 nitrogen and oxygen atoms in total. The predicted molar refractivity (Wildman–Crippen MR) is 83.5 cm³/mol. The number of methoxy groups -OCH3 is 1. The van der Waals surface area contributed by atoms with Gasteiger partial charge in [0.25, 0.3) is 0 Å². The van der Waals surface area contributed by atoms with Gasteiger partial charge < -0.3 is 9.84 Å². The van der Waals surface area contributed by atoms with E-state index in [0.717, 1.165) is 33.2 Å². The smallest absolute Gasteiger partial charge is 0.122 e. The Bertz CT molecular complexity index is 778. The zero-order valence-corrected chi connectivity index (χ0v) is 12.1. The van der Waals surface area contributed by atoms with Crippen LogP contribution in [0.4, 0.5) is 0 Å². The Balaban J connectivity index is 2.10. The Labute approximate surface area is 123 Å². The normalized spacial score (nSPS) is 12.3. The molecule has 2 aromatic carbocycles. The fraction of sp³-hybridized carbons (Fsp3) is 0.167. The van der Waals surface area contributed by atoms with E-state index < -0.39 is 6.10 Å². The van der Waals surface area contributed by atoms with Crippen molar-refractivity contribution < 1.29 is 9.84 Å². The van der Waals surface area contributed by atoms with Gasteiger partial charge in [-0.2, -0.15) is 0 Å². The summed E-state index contributed by atoms with van der Waals surface area (Å²) in [6.45, 7) is 1.98. The minimum atomic E-state index is -0.689. The second-order valence-corrected chi connectivity index (χ2v) is 5.08. The summed E-state index contributed by atoms with van der Waals surface area (Å²) in [5.41, 5.74) is 2.75. The Kier molecular flexibility index (Phi) is 3.59. The number of ether oxygens (including phenoxy) is 1. The van der Waals surface area contributed by atoms with Crippen molar-refractivity contribution in [1.29, 1.82) is 0 Å². The van der Waals surface area contributed by atoms with Crippen molar-refractivity contribution in [3.63, 3.8) is 0 Å². The largest absolute Gasteiger partial charge is 0.496 e. The van der Waals surface area contributed by atoms with Crippen LogP contribution in [0.5, 0.6) is 5.75 Å². The minimum absolute atomic E-state index is 0.689. The van der Waals surface area contributed by atoms with Gasteiger partial charge in [-0.15, -0.1) is 0 Å². The van der Waals surface area contributed by atoms with Crippen LogP contribution in [0.1, 0.15) is 22.8 Å². The van der Waals surface area contributed by atoms with Crippen molar-refractivity contribution in [2.45, 2.75) is 13.0 Å².